The van der Waals surface area contributed by atoms with Crippen LogP contribution < -0.4 is 21.3 Å². The summed E-state index contributed by atoms with van der Waals surface area (Å²) in [5.74, 6) is 2.39. The number of nitriles is 1. The first kappa shape index (κ1) is 21.4. The van der Waals surface area contributed by atoms with Crippen molar-refractivity contribution >= 4 is 51.9 Å². The number of amides is 1. The summed E-state index contributed by atoms with van der Waals surface area (Å²) < 4.78 is 7.28. The molecule has 1 unspecified atom stereocenters. The topological polar surface area (TPSA) is 131 Å². The smallest absolute Gasteiger partial charge is 0.301 e. The van der Waals surface area contributed by atoms with E-state index in [0.717, 1.165) is 10.9 Å². The zero-order valence-electron chi connectivity index (χ0n) is 17.4. The predicted molar refractivity (Wildman–Crippen MR) is 123 cm³/mol. The minimum Gasteiger partial charge on any atom is -0.491 e. The van der Waals surface area contributed by atoms with Crippen molar-refractivity contribution in [3.05, 3.63) is 53.6 Å². The summed E-state index contributed by atoms with van der Waals surface area (Å²) in [5.41, 5.74) is 8.38. The summed E-state index contributed by atoms with van der Waals surface area (Å²) in [6.07, 6.45) is 3.00. The fourth-order valence-electron chi connectivity index (χ4n) is 3.32. The molecule has 3 N–H and O–H groups in total. The molecule has 4 rings (SSSR count). The molecule has 160 valence electrons. The molecular weight excluding hydrogens is 429 g/mol. The Bertz CT molecular complexity index is 1370. The number of pyridine rings is 1. The van der Waals surface area contributed by atoms with Gasteiger partial charge in [0.15, 0.2) is 5.69 Å². The largest absolute Gasteiger partial charge is 0.491 e. The Balaban J connectivity index is 1.50. The highest BCUT2D eigenvalue weighted by Gasteiger charge is 2.22. The van der Waals surface area contributed by atoms with Crippen LogP contribution in [0.25, 0.3) is 16.6 Å². The summed E-state index contributed by atoms with van der Waals surface area (Å²) in [5, 5.41) is 17.3. The van der Waals surface area contributed by atoms with Crippen molar-refractivity contribution in [2.45, 2.75) is 19.8 Å². The minimum absolute atomic E-state index is 0.168. The standard InChI is InChI=1S/C21H19BClN7O2/c1-12(10-32-18-5-3-4-16-14(18)6-13(25)8-26-16)28-21(31)17-9-27-20-15(22(2)11-24)7-19(23)29-30(17)20/h3-9,12H,10,25H2,1-2H3,(H,28,31). The molecule has 1 aromatic carbocycles. The van der Waals surface area contributed by atoms with Gasteiger partial charge in [0.1, 0.15) is 23.2 Å². The summed E-state index contributed by atoms with van der Waals surface area (Å²) in [4.78, 5) is 21.4. The van der Waals surface area contributed by atoms with Crippen LogP contribution in [-0.2, 0) is 0 Å². The molecule has 0 fully saturated rings. The monoisotopic (exact) mass is 447 g/mol. The molecule has 4 aromatic rings. The van der Waals surface area contributed by atoms with Crippen LogP contribution in [0.1, 0.15) is 17.4 Å². The second kappa shape index (κ2) is 8.73. The zero-order chi connectivity index (χ0) is 22.8. The van der Waals surface area contributed by atoms with Crippen molar-refractivity contribution in [1.29, 1.82) is 5.26 Å². The molecule has 1 amide bonds. The molecular formula is C21H19BClN7O2. The van der Waals surface area contributed by atoms with Crippen LogP contribution in [0.15, 0.2) is 42.7 Å². The van der Waals surface area contributed by atoms with Gasteiger partial charge in [-0.1, -0.05) is 24.5 Å². The fourth-order valence-corrected chi connectivity index (χ4v) is 3.52. The van der Waals surface area contributed by atoms with Crippen molar-refractivity contribution in [3.63, 3.8) is 0 Å². The SMILES string of the molecule is CB(C#N)c1cc(Cl)nn2c(C(=O)NC(C)COc3cccc4ncc(N)cc34)cnc12. The van der Waals surface area contributed by atoms with E-state index in [-0.39, 0.29) is 29.4 Å². The molecule has 0 bridgehead atoms. The van der Waals surface area contributed by atoms with Crippen LogP contribution in [0.5, 0.6) is 5.75 Å². The lowest BCUT2D eigenvalue weighted by Crippen LogP contribution is -2.37. The highest BCUT2D eigenvalue weighted by molar-refractivity contribution is 6.80. The summed E-state index contributed by atoms with van der Waals surface area (Å²) in [6.45, 7) is 3.33. The molecule has 0 aliphatic heterocycles. The van der Waals surface area contributed by atoms with E-state index in [1.165, 1.54) is 10.7 Å². The molecule has 0 saturated carbocycles. The van der Waals surface area contributed by atoms with Gasteiger partial charge in [-0.25, -0.2) is 14.8 Å². The van der Waals surface area contributed by atoms with Crippen LogP contribution in [0.3, 0.4) is 0 Å². The molecule has 11 heteroatoms. The van der Waals surface area contributed by atoms with Gasteiger partial charge >= 0.3 is 6.71 Å². The van der Waals surface area contributed by atoms with E-state index in [2.05, 4.69) is 26.4 Å². The number of fused-ring (bicyclic) bond motifs is 2. The Morgan fingerprint density at radius 3 is 2.97 bits per heavy atom. The van der Waals surface area contributed by atoms with Gasteiger partial charge < -0.3 is 15.8 Å². The van der Waals surface area contributed by atoms with E-state index >= 15 is 0 Å². The number of hydrogen-bond acceptors (Lipinski definition) is 7. The molecule has 0 aliphatic carbocycles. The van der Waals surface area contributed by atoms with E-state index in [0.29, 0.717) is 22.5 Å². The van der Waals surface area contributed by atoms with Crippen LogP contribution in [0, 0.1) is 11.2 Å². The number of ether oxygens (including phenoxy) is 1. The van der Waals surface area contributed by atoms with Gasteiger partial charge in [0.2, 0.25) is 0 Å². The number of anilines is 1. The van der Waals surface area contributed by atoms with Crippen molar-refractivity contribution in [3.8, 4) is 11.7 Å². The third-order valence-electron chi connectivity index (χ3n) is 4.93. The first-order chi connectivity index (χ1) is 15.4. The van der Waals surface area contributed by atoms with E-state index in [1.54, 1.807) is 25.2 Å². The number of carbonyl (C=O) groups excluding carboxylic acids is 1. The number of nitrogens with one attached hydrogen (secondary N) is 1. The molecule has 0 radical (unpaired) electrons. The lowest BCUT2D eigenvalue weighted by molar-refractivity contribution is 0.0920. The summed E-state index contributed by atoms with van der Waals surface area (Å²) >= 11 is 6.11. The number of nitrogens with zero attached hydrogens (tertiary/aromatic N) is 5. The maximum atomic E-state index is 12.9. The predicted octanol–water partition coefficient (Wildman–Crippen LogP) is 2.10. The third-order valence-corrected chi connectivity index (χ3v) is 5.12. The van der Waals surface area contributed by atoms with E-state index < -0.39 is 6.71 Å². The number of nitrogen functional groups attached to an aromatic ring is 1. The Kier molecular flexibility index (Phi) is 5.84. The molecule has 32 heavy (non-hydrogen) atoms. The summed E-state index contributed by atoms with van der Waals surface area (Å²) in [7, 11) is 0. The molecule has 0 saturated heterocycles. The summed E-state index contributed by atoms with van der Waals surface area (Å²) in [6, 6.07) is 8.60. The maximum absolute atomic E-state index is 12.9. The van der Waals surface area contributed by atoms with Gasteiger partial charge in [-0.05, 0) is 36.7 Å². The Labute approximate surface area is 189 Å². The molecule has 3 aromatic heterocycles. The minimum atomic E-state index is -0.451. The first-order valence-electron chi connectivity index (χ1n) is 9.89. The normalized spacial score (nSPS) is 11.8. The number of rotatable bonds is 6. The second-order valence-electron chi connectivity index (χ2n) is 7.43. The first-order valence-corrected chi connectivity index (χ1v) is 10.3. The van der Waals surface area contributed by atoms with Crippen LogP contribution in [0.2, 0.25) is 12.0 Å². The number of aromatic nitrogens is 4. The Hall–Kier alpha value is -3.84. The van der Waals surface area contributed by atoms with Crippen molar-refractivity contribution in [1.82, 2.24) is 24.9 Å². The van der Waals surface area contributed by atoms with E-state index in [9.17, 15) is 10.1 Å². The Morgan fingerprint density at radius 2 is 2.19 bits per heavy atom. The average Bonchev–Trinajstić information content (AvgIpc) is 3.20. The van der Waals surface area contributed by atoms with Crippen LogP contribution in [0.4, 0.5) is 5.69 Å². The van der Waals surface area contributed by atoms with E-state index in [4.69, 9.17) is 22.1 Å². The van der Waals surface area contributed by atoms with Crippen LogP contribution in [-0.4, -0.2) is 44.9 Å². The van der Waals surface area contributed by atoms with Gasteiger partial charge in [0.25, 0.3) is 5.91 Å². The molecule has 3 heterocycles. The lowest BCUT2D eigenvalue weighted by Gasteiger charge is -2.16. The molecule has 0 aliphatic rings. The fraction of sp³-hybridized carbons (Fsp3) is 0.190. The number of hydrogen-bond donors (Lipinski definition) is 2. The van der Waals surface area contributed by atoms with Gasteiger partial charge in [-0.15, -0.1) is 0 Å². The zero-order valence-corrected chi connectivity index (χ0v) is 18.2. The highest BCUT2D eigenvalue weighted by atomic mass is 35.5. The van der Waals surface area contributed by atoms with Gasteiger partial charge in [-0.2, -0.15) is 5.10 Å². The molecule has 0 spiro atoms. The van der Waals surface area contributed by atoms with Crippen molar-refractivity contribution in [2.75, 3.05) is 12.3 Å². The second-order valence-corrected chi connectivity index (χ2v) is 7.82. The quantitative estimate of drug-likeness (QED) is 0.433. The lowest BCUT2D eigenvalue weighted by atomic mass is 9.49. The number of benzene rings is 1. The van der Waals surface area contributed by atoms with Gasteiger partial charge in [-0.3, -0.25) is 9.78 Å². The average molecular weight is 448 g/mol. The van der Waals surface area contributed by atoms with Gasteiger partial charge in [0.05, 0.1) is 29.6 Å². The number of imidazole rings is 1. The molecule has 1 atom stereocenters. The Morgan fingerprint density at radius 1 is 1.38 bits per heavy atom. The number of nitrogens with two attached hydrogens (primary N) is 1. The van der Waals surface area contributed by atoms with Crippen LogP contribution >= 0.6 is 11.6 Å². The van der Waals surface area contributed by atoms with E-state index in [1.807, 2.05) is 25.1 Å². The van der Waals surface area contributed by atoms with Crippen molar-refractivity contribution in [2.24, 2.45) is 0 Å². The third kappa shape index (κ3) is 4.15. The van der Waals surface area contributed by atoms with Crippen molar-refractivity contribution < 1.29 is 9.53 Å². The number of halogens is 1. The number of carbonyl (C=O) groups is 1. The van der Waals surface area contributed by atoms with Gasteiger partial charge in [0, 0.05) is 11.4 Å². The maximum Gasteiger partial charge on any atom is 0.301 e. The highest BCUT2D eigenvalue weighted by Crippen LogP contribution is 2.25. The molecule has 9 nitrogen and oxygen atoms in total.